The quantitative estimate of drug-likeness (QED) is 0.527. The molecule has 29 heavy (non-hydrogen) atoms. The van der Waals surface area contributed by atoms with Crippen LogP contribution in [0.3, 0.4) is 0 Å². The Morgan fingerprint density at radius 3 is 2.34 bits per heavy atom. The fourth-order valence-corrected chi connectivity index (χ4v) is 4.42. The third-order valence-electron chi connectivity index (χ3n) is 4.26. The first-order valence-corrected chi connectivity index (χ1v) is 10.8. The summed E-state index contributed by atoms with van der Waals surface area (Å²) in [5, 5.41) is 0.0823. The number of hydrogen-bond acceptors (Lipinski definition) is 6. The number of rotatable bonds is 8. The summed E-state index contributed by atoms with van der Waals surface area (Å²) in [6, 6.07) is 14.1. The molecule has 0 aliphatic carbocycles. The Labute approximate surface area is 172 Å². The van der Waals surface area contributed by atoms with Crippen LogP contribution in [0.25, 0.3) is 0 Å². The molecule has 0 fully saturated rings. The van der Waals surface area contributed by atoms with Crippen molar-refractivity contribution in [1.82, 2.24) is 19.4 Å². The molecule has 0 unspecified atom stereocenters. The minimum Gasteiger partial charge on any atom is -0.378 e. The van der Waals surface area contributed by atoms with E-state index in [-0.39, 0.29) is 23.2 Å². The second-order valence-corrected chi connectivity index (χ2v) is 8.83. The van der Waals surface area contributed by atoms with Crippen molar-refractivity contribution in [1.29, 1.82) is 0 Å². The molecule has 0 atom stereocenters. The fourth-order valence-electron chi connectivity index (χ4n) is 3.00. The molecule has 154 valence electrons. The highest BCUT2D eigenvalue weighted by Crippen LogP contribution is 2.28. The number of hydrogen-bond donors (Lipinski definition) is 0. The Morgan fingerprint density at radius 1 is 1.07 bits per heavy atom. The standard InChI is InChI=1S/C21H26N4O3S/c1-16(2)20-21(29(26,27)28-18-11-6-5-7-12-18)25(19(23-20)15-24(3)4)14-17-10-8-9-13-22-17/h5-13,16H,14-15H2,1-4H3. The molecule has 0 bridgehead atoms. The maximum atomic E-state index is 13.3. The lowest BCUT2D eigenvalue weighted by Gasteiger charge is -2.15. The van der Waals surface area contributed by atoms with Crippen molar-refractivity contribution in [3.63, 3.8) is 0 Å². The summed E-state index contributed by atoms with van der Waals surface area (Å²) in [5.74, 6) is 0.826. The van der Waals surface area contributed by atoms with E-state index in [4.69, 9.17) is 4.18 Å². The Bertz CT molecular complexity index is 1050. The molecular weight excluding hydrogens is 388 g/mol. The summed E-state index contributed by atoms with van der Waals surface area (Å²) in [6.45, 7) is 4.63. The molecule has 0 aliphatic rings. The number of aromatic nitrogens is 3. The van der Waals surface area contributed by atoms with Crippen molar-refractivity contribution in [2.24, 2.45) is 0 Å². The molecule has 8 heteroatoms. The Hall–Kier alpha value is -2.71. The molecule has 0 amide bonds. The lowest BCUT2D eigenvalue weighted by molar-refractivity contribution is 0.378. The SMILES string of the molecule is CC(C)c1nc(CN(C)C)n(Cc2ccccn2)c1S(=O)(=O)Oc1ccccc1. The monoisotopic (exact) mass is 414 g/mol. The highest BCUT2D eigenvalue weighted by molar-refractivity contribution is 7.87. The number of para-hydroxylation sites is 1. The average molecular weight is 415 g/mol. The molecule has 0 saturated heterocycles. The topological polar surface area (TPSA) is 77.3 Å². The average Bonchev–Trinajstić information content (AvgIpc) is 3.01. The molecule has 7 nitrogen and oxygen atoms in total. The predicted octanol–water partition coefficient (Wildman–Crippen LogP) is 3.28. The van der Waals surface area contributed by atoms with Crippen molar-refractivity contribution in [3.8, 4) is 5.75 Å². The van der Waals surface area contributed by atoms with Crippen molar-refractivity contribution in [2.45, 2.75) is 37.9 Å². The zero-order valence-electron chi connectivity index (χ0n) is 17.1. The Balaban J connectivity index is 2.15. The Morgan fingerprint density at radius 2 is 1.76 bits per heavy atom. The molecule has 2 aromatic heterocycles. The van der Waals surface area contributed by atoms with Crippen molar-refractivity contribution < 1.29 is 12.6 Å². The minimum absolute atomic E-state index is 0.0823. The van der Waals surface area contributed by atoms with Gasteiger partial charge in [-0.3, -0.25) is 4.98 Å². The fraction of sp³-hybridized carbons (Fsp3) is 0.333. The third kappa shape index (κ3) is 5.02. The zero-order chi connectivity index (χ0) is 21.0. The van der Waals surface area contributed by atoms with Gasteiger partial charge in [0.2, 0.25) is 0 Å². The van der Waals surface area contributed by atoms with Crippen LogP contribution in [0.2, 0.25) is 0 Å². The van der Waals surface area contributed by atoms with E-state index in [0.29, 0.717) is 18.1 Å². The molecule has 0 spiro atoms. The van der Waals surface area contributed by atoms with Crippen LogP contribution in [-0.4, -0.2) is 41.9 Å². The van der Waals surface area contributed by atoms with Gasteiger partial charge < -0.3 is 13.7 Å². The first-order chi connectivity index (χ1) is 13.8. The zero-order valence-corrected chi connectivity index (χ0v) is 17.9. The van der Waals surface area contributed by atoms with Crippen LogP contribution in [0, 0.1) is 0 Å². The number of imidazole rings is 1. The predicted molar refractivity (Wildman–Crippen MR) is 111 cm³/mol. The van der Waals surface area contributed by atoms with Gasteiger partial charge in [0.15, 0.2) is 5.03 Å². The summed E-state index contributed by atoms with van der Waals surface area (Å²) < 4.78 is 33.8. The molecule has 3 aromatic rings. The van der Waals surface area contributed by atoms with E-state index in [1.54, 1.807) is 41.1 Å². The smallest absolute Gasteiger partial charge is 0.357 e. The van der Waals surface area contributed by atoms with Gasteiger partial charge in [0.05, 0.1) is 24.5 Å². The molecule has 0 saturated carbocycles. The van der Waals surface area contributed by atoms with E-state index in [9.17, 15) is 8.42 Å². The van der Waals surface area contributed by atoms with Crippen LogP contribution in [0.5, 0.6) is 5.75 Å². The van der Waals surface area contributed by atoms with E-state index >= 15 is 0 Å². The summed E-state index contributed by atoms with van der Waals surface area (Å²) >= 11 is 0. The normalized spacial score (nSPS) is 11.9. The van der Waals surface area contributed by atoms with Gasteiger partial charge in [-0.15, -0.1) is 0 Å². The van der Waals surface area contributed by atoms with Crippen LogP contribution < -0.4 is 4.18 Å². The van der Waals surface area contributed by atoms with E-state index in [2.05, 4.69) is 9.97 Å². The number of nitrogens with zero attached hydrogens (tertiary/aromatic N) is 4. The van der Waals surface area contributed by atoms with E-state index in [0.717, 1.165) is 5.69 Å². The van der Waals surface area contributed by atoms with Crippen molar-refractivity contribution >= 4 is 10.1 Å². The highest BCUT2D eigenvalue weighted by atomic mass is 32.2. The van der Waals surface area contributed by atoms with Crippen molar-refractivity contribution in [3.05, 3.63) is 71.9 Å². The van der Waals surface area contributed by atoms with E-state index < -0.39 is 10.1 Å². The van der Waals surface area contributed by atoms with Gasteiger partial charge in [0.25, 0.3) is 0 Å². The van der Waals surface area contributed by atoms with Crippen LogP contribution >= 0.6 is 0 Å². The highest BCUT2D eigenvalue weighted by Gasteiger charge is 2.31. The van der Waals surface area contributed by atoms with E-state index in [1.807, 2.05) is 51.0 Å². The number of benzene rings is 1. The maximum Gasteiger partial charge on any atom is 0.357 e. The summed E-state index contributed by atoms with van der Waals surface area (Å²) in [7, 11) is -0.260. The molecule has 3 rings (SSSR count). The second-order valence-electron chi connectivity index (χ2n) is 7.37. The first kappa shape index (κ1) is 21.0. The third-order valence-corrected chi connectivity index (χ3v) is 5.58. The second kappa shape index (κ2) is 8.75. The molecule has 0 radical (unpaired) electrons. The van der Waals surface area contributed by atoms with Crippen molar-refractivity contribution in [2.75, 3.05) is 14.1 Å². The lowest BCUT2D eigenvalue weighted by Crippen LogP contribution is -2.21. The summed E-state index contributed by atoms with van der Waals surface area (Å²) in [6.07, 6.45) is 1.69. The molecule has 2 heterocycles. The largest absolute Gasteiger partial charge is 0.378 e. The van der Waals surface area contributed by atoms with Gasteiger partial charge >= 0.3 is 10.1 Å². The molecular formula is C21H26N4O3S. The molecule has 0 N–H and O–H groups in total. The van der Waals surface area contributed by atoms with E-state index in [1.165, 1.54) is 0 Å². The van der Waals surface area contributed by atoms with Crippen LogP contribution in [0.4, 0.5) is 0 Å². The van der Waals surface area contributed by atoms with Crippen LogP contribution in [0.1, 0.15) is 37.0 Å². The summed E-state index contributed by atoms with van der Waals surface area (Å²) in [5.41, 5.74) is 1.24. The lowest BCUT2D eigenvalue weighted by atomic mass is 10.1. The van der Waals surface area contributed by atoms with Gasteiger partial charge in [-0.25, -0.2) is 4.98 Å². The van der Waals surface area contributed by atoms with Gasteiger partial charge in [-0.1, -0.05) is 38.1 Å². The summed E-state index contributed by atoms with van der Waals surface area (Å²) in [4.78, 5) is 11.0. The molecule has 0 aliphatic heterocycles. The van der Waals surface area contributed by atoms with Gasteiger partial charge in [0, 0.05) is 6.20 Å². The van der Waals surface area contributed by atoms with Crippen LogP contribution in [-0.2, 0) is 23.2 Å². The number of pyridine rings is 1. The Kier molecular flexibility index (Phi) is 6.34. The van der Waals surface area contributed by atoms with Crippen LogP contribution in [0.15, 0.2) is 59.8 Å². The van der Waals surface area contributed by atoms with Gasteiger partial charge in [-0.05, 0) is 44.3 Å². The maximum absolute atomic E-state index is 13.3. The van der Waals surface area contributed by atoms with Gasteiger partial charge in [0.1, 0.15) is 11.6 Å². The minimum atomic E-state index is -4.10. The first-order valence-electron chi connectivity index (χ1n) is 9.41. The molecule has 1 aromatic carbocycles. The van der Waals surface area contributed by atoms with Gasteiger partial charge in [-0.2, -0.15) is 8.42 Å².